The van der Waals surface area contributed by atoms with Gasteiger partial charge in [-0.15, -0.1) is 0 Å². The number of aliphatic hydroxyl groups excluding tert-OH is 1. The van der Waals surface area contributed by atoms with Gasteiger partial charge in [-0.05, 0) is 29.3 Å². The van der Waals surface area contributed by atoms with Gasteiger partial charge in [0.15, 0.2) is 17.0 Å². The van der Waals surface area contributed by atoms with E-state index in [1.54, 1.807) is 0 Å². The van der Waals surface area contributed by atoms with E-state index in [1.807, 2.05) is 6.92 Å². The lowest BCUT2D eigenvalue weighted by Crippen LogP contribution is -2.25. The minimum absolute atomic E-state index is 0.119. The molecule has 8 nitrogen and oxygen atoms in total. The Morgan fingerprint density at radius 2 is 2.24 bits per heavy atom. The average Bonchev–Trinajstić information content (AvgIpc) is 2.48. The molecule has 1 heterocycles. The largest absolute Gasteiger partial charge is 0.474 e. The van der Waals surface area contributed by atoms with Crippen LogP contribution >= 0.6 is 15.9 Å². The second-order valence-electron chi connectivity index (χ2n) is 3.73. The first-order valence-corrected chi connectivity index (χ1v) is 8.37. The molecule has 1 rings (SSSR count). The predicted molar refractivity (Wildman–Crippen MR) is 83.2 cm³/mol. The van der Waals surface area contributed by atoms with Crippen molar-refractivity contribution in [2.24, 2.45) is 0 Å². The van der Waals surface area contributed by atoms with Crippen LogP contribution in [0, 0.1) is 0 Å². The van der Waals surface area contributed by atoms with Gasteiger partial charge in [0, 0.05) is 19.8 Å². The Morgan fingerprint density at radius 3 is 2.95 bits per heavy atom. The van der Waals surface area contributed by atoms with Gasteiger partial charge in [0.2, 0.25) is 5.88 Å². The fourth-order valence-electron chi connectivity index (χ4n) is 1.28. The molecule has 0 radical (unpaired) electrons. The third-order valence-electron chi connectivity index (χ3n) is 2.18. The summed E-state index contributed by atoms with van der Waals surface area (Å²) in [6, 6.07) is 0. The monoisotopic (exact) mass is 382 g/mol. The normalized spacial score (nSPS) is 12.1. The lowest BCUT2D eigenvalue weighted by atomic mass is 10.5. The van der Waals surface area contributed by atoms with E-state index in [0.717, 1.165) is 6.42 Å². The fraction of sp³-hybridized carbons (Fsp3) is 0.636. The van der Waals surface area contributed by atoms with Gasteiger partial charge in [-0.3, -0.25) is 4.72 Å². The zero-order valence-electron chi connectivity index (χ0n) is 11.7. The summed E-state index contributed by atoms with van der Waals surface area (Å²) in [7, 11) is 0. The minimum atomic E-state index is -1.48. The van der Waals surface area contributed by atoms with Crippen molar-refractivity contribution < 1.29 is 18.8 Å². The maximum Gasteiger partial charge on any atom is 0.233 e. The summed E-state index contributed by atoms with van der Waals surface area (Å²) in [4.78, 5) is 7.89. The molecule has 0 amide bonds. The first-order valence-electron chi connectivity index (χ1n) is 6.42. The number of nitrogens with zero attached hydrogens (tertiary/aromatic N) is 2. The number of ether oxygens (including phenoxy) is 2. The molecule has 120 valence electrons. The van der Waals surface area contributed by atoms with E-state index in [4.69, 9.17) is 14.6 Å². The summed E-state index contributed by atoms with van der Waals surface area (Å²) < 4.78 is 28.1. The Labute approximate surface area is 134 Å². The highest BCUT2D eigenvalue weighted by Crippen LogP contribution is 2.28. The van der Waals surface area contributed by atoms with Crippen molar-refractivity contribution in [3.63, 3.8) is 0 Å². The van der Waals surface area contributed by atoms with Gasteiger partial charge in [-0.2, -0.15) is 0 Å². The molecule has 0 saturated carbocycles. The van der Waals surface area contributed by atoms with Crippen LogP contribution in [0.5, 0.6) is 5.88 Å². The number of aromatic nitrogens is 2. The van der Waals surface area contributed by atoms with Crippen LogP contribution in [0.25, 0.3) is 0 Å². The van der Waals surface area contributed by atoms with Crippen molar-refractivity contribution >= 4 is 32.9 Å². The Balaban J connectivity index is 2.44. The van der Waals surface area contributed by atoms with Crippen LogP contribution < -0.4 is 14.2 Å². The highest BCUT2D eigenvalue weighted by Gasteiger charge is 2.11. The molecule has 0 aliphatic heterocycles. The van der Waals surface area contributed by atoms with Crippen LogP contribution in [0.4, 0.5) is 5.82 Å². The number of hydrogen-bond acceptors (Lipinski definition) is 6. The summed E-state index contributed by atoms with van der Waals surface area (Å²) in [6.07, 6.45) is 2.04. The molecule has 0 saturated heterocycles. The third kappa shape index (κ3) is 7.14. The molecule has 0 bridgehead atoms. The first-order chi connectivity index (χ1) is 10.2. The van der Waals surface area contributed by atoms with Crippen LogP contribution in [0.15, 0.2) is 10.8 Å². The van der Waals surface area contributed by atoms with Crippen molar-refractivity contribution in [3.05, 3.63) is 10.8 Å². The molecular formula is C11H19BrN4O4S. The molecule has 21 heavy (non-hydrogen) atoms. The van der Waals surface area contributed by atoms with Crippen LogP contribution in [-0.2, 0) is 15.9 Å². The number of hydrogen-bond donors (Lipinski definition) is 3. The zero-order chi connectivity index (χ0) is 15.5. The summed E-state index contributed by atoms with van der Waals surface area (Å²) >= 11 is 1.78. The molecule has 1 atom stereocenters. The van der Waals surface area contributed by atoms with E-state index in [1.165, 1.54) is 6.33 Å². The van der Waals surface area contributed by atoms with E-state index < -0.39 is 11.2 Å². The minimum Gasteiger partial charge on any atom is -0.474 e. The lowest BCUT2D eigenvalue weighted by molar-refractivity contribution is 0.146. The van der Waals surface area contributed by atoms with Gasteiger partial charge in [0.1, 0.15) is 17.4 Å². The van der Waals surface area contributed by atoms with Gasteiger partial charge in [0.25, 0.3) is 0 Å². The Bertz CT molecular complexity index is 452. The highest BCUT2D eigenvalue weighted by molar-refractivity contribution is 9.10. The maximum absolute atomic E-state index is 11.8. The molecule has 1 unspecified atom stereocenters. The van der Waals surface area contributed by atoms with Crippen molar-refractivity contribution in [1.29, 1.82) is 0 Å². The summed E-state index contributed by atoms with van der Waals surface area (Å²) in [5.41, 5.74) is 0. The molecule has 0 aliphatic rings. The van der Waals surface area contributed by atoms with Gasteiger partial charge in [-0.1, -0.05) is 0 Å². The molecule has 1 aromatic rings. The summed E-state index contributed by atoms with van der Waals surface area (Å²) in [5.74, 6) is 0.614. The quantitative estimate of drug-likeness (QED) is 0.484. The lowest BCUT2D eigenvalue weighted by Gasteiger charge is -2.10. The summed E-state index contributed by atoms with van der Waals surface area (Å²) in [6.45, 7) is 3.77. The number of aliphatic hydroxyl groups is 1. The average molecular weight is 383 g/mol. The van der Waals surface area contributed by atoms with Gasteiger partial charge in [0.05, 0.1) is 6.61 Å². The Hall–Kier alpha value is -0.810. The molecule has 1 aromatic heterocycles. The molecule has 0 fully saturated rings. The van der Waals surface area contributed by atoms with E-state index in [0.29, 0.717) is 30.0 Å². The number of rotatable bonds is 11. The van der Waals surface area contributed by atoms with E-state index in [9.17, 15) is 4.21 Å². The Kier molecular flexibility index (Phi) is 9.42. The van der Waals surface area contributed by atoms with Crippen molar-refractivity contribution in [1.82, 2.24) is 14.7 Å². The molecule has 0 aliphatic carbocycles. The Morgan fingerprint density at radius 1 is 1.43 bits per heavy atom. The van der Waals surface area contributed by atoms with Gasteiger partial charge in [-0.25, -0.2) is 18.9 Å². The molecule has 0 aromatic carbocycles. The maximum atomic E-state index is 11.8. The smallest absolute Gasteiger partial charge is 0.233 e. The number of halogens is 1. The van der Waals surface area contributed by atoms with Crippen molar-refractivity contribution in [2.75, 3.05) is 37.7 Å². The number of anilines is 1. The van der Waals surface area contributed by atoms with Crippen molar-refractivity contribution in [3.8, 4) is 5.88 Å². The predicted octanol–water partition coefficient (Wildman–Crippen LogP) is 0.617. The fourth-order valence-corrected chi connectivity index (χ4v) is 2.56. The van der Waals surface area contributed by atoms with E-state index >= 15 is 0 Å². The van der Waals surface area contributed by atoms with Crippen molar-refractivity contribution in [2.45, 2.75) is 13.3 Å². The molecule has 10 heteroatoms. The second kappa shape index (κ2) is 10.9. The van der Waals surface area contributed by atoms with Gasteiger partial charge < -0.3 is 14.6 Å². The zero-order valence-corrected chi connectivity index (χ0v) is 14.1. The van der Waals surface area contributed by atoms with Crippen LogP contribution in [-0.4, -0.2) is 52.3 Å². The molecular weight excluding hydrogens is 364 g/mol. The van der Waals surface area contributed by atoms with Crippen LogP contribution in [0.1, 0.15) is 13.3 Å². The summed E-state index contributed by atoms with van der Waals surface area (Å²) in [5, 5.41) is 8.72. The van der Waals surface area contributed by atoms with Gasteiger partial charge >= 0.3 is 0 Å². The SMILES string of the molecule is CCOCCCNS(=O)Nc1ncnc(OCCO)c1Br. The molecule has 3 N–H and O–H groups in total. The highest BCUT2D eigenvalue weighted by atomic mass is 79.9. The number of nitrogens with one attached hydrogen (secondary N) is 2. The third-order valence-corrected chi connectivity index (χ3v) is 3.74. The first kappa shape index (κ1) is 18.2. The standard InChI is InChI=1S/C11H19BrN4O4S/c1-2-19-6-3-4-15-21(18)16-10-9(12)11(14-8-13-10)20-7-5-17/h8,15,17H,2-7H2,1H3,(H,13,14,16). The van der Waals surface area contributed by atoms with E-state index in [-0.39, 0.29) is 19.1 Å². The second-order valence-corrected chi connectivity index (χ2v) is 5.55. The molecule has 0 spiro atoms. The van der Waals surface area contributed by atoms with Crippen LogP contribution in [0.2, 0.25) is 0 Å². The topological polar surface area (TPSA) is 106 Å². The van der Waals surface area contributed by atoms with E-state index in [2.05, 4.69) is 35.3 Å². The van der Waals surface area contributed by atoms with Crippen LogP contribution in [0.3, 0.4) is 0 Å².